The molecule has 0 fully saturated rings. The molecule has 0 aromatic heterocycles. The molecular formula is C26H56N2O6Si. The minimum Gasteiger partial charge on any atom is -0.459 e. The molecule has 0 aromatic rings. The van der Waals surface area contributed by atoms with Crippen molar-refractivity contribution in [1.29, 1.82) is 0 Å². The summed E-state index contributed by atoms with van der Waals surface area (Å²) in [5.41, 5.74) is -0.872. The highest BCUT2D eigenvalue weighted by Crippen LogP contribution is 2.37. The van der Waals surface area contributed by atoms with E-state index >= 15 is 0 Å². The molecule has 0 rings (SSSR count). The van der Waals surface area contributed by atoms with Crippen LogP contribution in [0.3, 0.4) is 0 Å². The molecule has 2 atom stereocenters. The van der Waals surface area contributed by atoms with Gasteiger partial charge in [0.1, 0.15) is 11.2 Å². The molecule has 0 aromatic carbocycles. The van der Waals surface area contributed by atoms with Crippen molar-refractivity contribution in [3.63, 3.8) is 0 Å². The molecule has 8 nitrogen and oxygen atoms in total. The molecule has 0 saturated carbocycles. The van der Waals surface area contributed by atoms with E-state index in [1.165, 1.54) is 0 Å². The summed E-state index contributed by atoms with van der Waals surface area (Å²) in [5.74, 6) is -0.470. The number of aliphatic hydroxyl groups is 1. The fourth-order valence-electron chi connectivity index (χ4n) is 2.71. The number of rotatable bonds is 11. The van der Waals surface area contributed by atoms with Crippen molar-refractivity contribution in [2.45, 2.75) is 125 Å². The molecular weight excluding hydrogens is 464 g/mol. The van der Waals surface area contributed by atoms with Crippen LogP contribution in [0, 0.1) is 0 Å². The average molecular weight is 521 g/mol. The number of esters is 2. The van der Waals surface area contributed by atoms with Gasteiger partial charge in [-0.1, -0.05) is 27.7 Å². The van der Waals surface area contributed by atoms with Gasteiger partial charge in [-0.2, -0.15) is 0 Å². The Labute approximate surface area is 216 Å². The first-order valence-corrected chi connectivity index (χ1v) is 15.6. The molecule has 0 aliphatic rings. The van der Waals surface area contributed by atoms with Gasteiger partial charge in [0, 0.05) is 13.1 Å². The molecule has 0 aliphatic heterocycles. The topological polar surface area (TPSA) is 97.3 Å². The van der Waals surface area contributed by atoms with Gasteiger partial charge in [0.15, 0.2) is 8.32 Å². The second kappa shape index (κ2) is 15.3. The molecule has 2 N–H and O–H groups in total. The molecule has 0 bridgehead atoms. The lowest BCUT2D eigenvalue weighted by atomic mass is 10.2. The number of nitrogens with one attached hydrogen (secondary N) is 1. The molecule has 0 saturated heterocycles. The minimum absolute atomic E-state index is 0.0957. The van der Waals surface area contributed by atoms with Crippen LogP contribution in [0.4, 0.5) is 0 Å². The summed E-state index contributed by atoms with van der Waals surface area (Å²) < 4.78 is 16.6. The fraction of sp³-hybridized carbons (Fsp3) is 0.923. The van der Waals surface area contributed by atoms with E-state index < -0.39 is 25.6 Å². The predicted molar refractivity (Wildman–Crippen MR) is 146 cm³/mol. The number of carbonyl (C=O) groups excluding carboxylic acids is 2. The van der Waals surface area contributed by atoms with Gasteiger partial charge >= 0.3 is 11.9 Å². The first kappa shape index (κ1) is 36.2. The van der Waals surface area contributed by atoms with Crippen molar-refractivity contribution in [3.05, 3.63) is 0 Å². The SMILES string of the molecule is CC(CNCC(=O)OC(C)(C)C)O[Si](C)(C)C(C)(C)C.CCN(CC(=O)OC(C)(C)C)CC(C)O. The van der Waals surface area contributed by atoms with Crippen LogP contribution in [-0.2, 0) is 23.5 Å². The zero-order chi connectivity index (χ0) is 28.3. The Hall–Kier alpha value is -1.00. The lowest BCUT2D eigenvalue weighted by molar-refractivity contribution is -0.156. The number of aliphatic hydroxyl groups excluding tert-OH is 1. The standard InChI is InChI=1S/C15H33NO3Si.C11H23NO3/c1-12(19-20(8,9)15(5,6)7)10-16-11-13(17)18-14(2,3)4;1-6-12(7-9(2)13)8-10(14)15-11(3,4)5/h12,16H,10-11H2,1-9H3;9,13H,6-8H2,1-5H3. The van der Waals surface area contributed by atoms with Gasteiger partial charge in [-0.05, 0) is 80.1 Å². The third-order valence-electron chi connectivity index (χ3n) is 5.17. The van der Waals surface area contributed by atoms with Crippen LogP contribution in [0.15, 0.2) is 0 Å². The number of hydrogen-bond acceptors (Lipinski definition) is 8. The second-order valence-corrected chi connectivity index (χ2v) is 17.4. The number of hydrogen-bond donors (Lipinski definition) is 2. The Morgan fingerprint density at radius 3 is 1.74 bits per heavy atom. The highest BCUT2D eigenvalue weighted by Gasteiger charge is 2.38. The smallest absolute Gasteiger partial charge is 0.320 e. The molecule has 0 heterocycles. The van der Waals surface area contributed by atoms with Gasteiger partial charge in [0.2, 0.25) is 0 Å². The monoisotopic (exact) mass is 520 g/mol. The van der Waals surface area contributed by atoms with E-state index in [9.17, 15) is 14.7 Å². The molecule has 0 amide bonds. The second-order valence-electron chi connectivity index (χ2n) is 12.7. The predicted octanol–water partition coefficient (Wildman–Crippen LogP) is 4.36. The molecule has 210 valence electrons. The van der Waals surface area contributed by atoms with Crippen LogP contribution in [0.5, 0.6) is 0 Å². The van der Waals surface area contributed by atoms with Gasteiger partial charge in [0.05, 0.1) is 25.3 Å². The number of ether oxygens (including phenoxy) is 2. The third-order valence-corrected chi connectivity index (χ3v) is 9.77. The summed E-state index contributed by atoms with van der Waals surface area (Å²) >= 11 is 0. The Bertz CT molecular complexity index is 619. The average Bonchev–Trinajstić information content (AvgIpc) is 2.56. The summed E-state index contributed by atoms with van der Waals surface area (Å²) in [6, 6.07) is 0. The number of carbonyl (C=O) groups is 2. The lowest BCUT2D eigenvalue weighted by Gasteiger charge is -2.38. The number of likely N-dealkylation sites (N-methyl/N-ethyl adjacent to an activating group) is 1. The first-order valence-electron chi connectivity index (χ1n) is 12.7. The minimum atomic E-state index is -1.74. The van der Waals surface area contributed by atoms with Gasteiger partial charge < -0.3 is 24.3 Å². The maximum absolute atomic E-state index is 11.6. The lowest BCUT2D eigenvalue weighted by Crippen LogP contribution is -2.46. The summed E-state index contributed by atoms with van der Waals surface area (Å²) in [5, 5.41) is 12.5. The van der Waals surface area contributed by atoms with Crippen LogP contribution in [0.1, 0.15) is 83.1 Å². The van der Waals surface area contributed by atoms with Crippen LogP contribution < -0.4 is 5.32 Å². The van der Waals surface area contributed by atoms with E-state index in [2.05, 4.69) is 39.2 Å². The number of nitrogens with zero attached hydrogens (tertiary/aromatic N) is 1. The zero-order valence-corrected chi connectivity index (χ0v) is 26.1. The highest BCUT2D eigenvalue weighted by molar-refractivity contribution is 6.74. The Kier molecular flexibility index (Phi) is 15.8. The van der Waals surface area contributed by atoms with Crippen molar-refractivity contribution in [3.8, 4) is 0 Å². The zero-order valence-electron chi connectivity index (χ0n) is 25.1. The van der Waals surface area contributed by atoms with Crippen molar-refractivity contribution in [2.24, 2.45) is 0 Å². The normalized spacial score (nSPS) is 14.6. The highest BCUT2D eigenvalue weighted by atomic mass is 28.4. The molecule has 0 aliphatic carbocycles. The van der Waals surface area contributed by atoms with Crippen molar-refractivity contribution in [1.82, 2.24) is 10.2 Å². The maximum Gasteiger partial charge on any atom is 0.320 e. The molecule has 9 heteroatoms. The third kappa shape index (κ3) is 20.8. The van der Waals surface area contributed by atoms with E-state index in [0.717, 1.165) is 6.54 Å². The van der Waals surface area contributed by atoms with Gasteiger partial charge in [-0.25, -0.2) is 0 Å². The Balaban J connectivity index is 0. The molecule has 2 unspecified atom stereocenters. The van der Waals surface area contributed by atoms with Crippen LogP contribution in [0.2, 0.25) is 18.1 Å². The Morgan fingerprint density at radius 1 is 0.914 bits per heavy atom. The fourth-order valence-corrected chi connectivity index (χ4v) is 4.15. The summed E-state index contributed by atoms with van der Waals surface area (Å²) in [4.78, 5) is 24.9. The van der Waals surface area contributed by atoms with Gasteiger partial charge in [0.25, 0.3) is 0 Å². The molecule has 0 spiro atoms. The van der Waals surface area contributed by atoms with E-state index in [4.69, 9.17) is 13.9 Å². The van der Waals surface area contributed by atoms with Crippen LogP contribution >= 0.6 is 0 Å². The van der Waals surface area contributed by atoms with Crippen LogP contribution in [-0.4, -0.2) is 86.4 Å². The van der Waals surface area contributed by atoms with Crippen LogP contribution in [0.25, 0.3) is 0 Å². The van der Waals surface area contributed by atoms with Crippen molar-refractivity contribution in [2.75, 3.05) is 32.7 Å². The Morgan fingerprint density at radius 2 is 1.37 bits per heavy atom. The van der Waals surface area contributed by atoms with Gasteiger partial charge in [-0.15, -0.1) is 0 Å². The summed E-state index contributed by atoms with van der Waals surface area (Å²) in [6.45, 7) is 30.3. The molecule has 35 heavy (non-hydrogen) atoms. The largest absolute Gasteiger partial charge is 0.459 e. The van der Waals surface area contributed by atoms with E-state index in [0.29, 0.717) is 13.1 Å². The first-order chi connectivity index (χ1) is 15.5. The van der Waals surface area contributed by atoms with Crippen molar-refractivity contribution < 1.29 is 28.6 Å². The quantitative estimate of drug-likeness (QED) is 0.306. The summed E-state index contributed by atoms with van der Waals surface area (Å²) in [7, 11) is -1.74. The van der Waals surface area contributed by atoms with Gasteiger partial charge in [-0.3, -0.25) is 14.5 Å². The molecule has 0 radical (unpaired) electrons. The van der Waals surface area contributed by atoms with E-state index in [1.807, 2.05) is 60.3 Å². The van der Waals surface area contributed by atoms with E-state index in [1.54, 1.807) is 6.92 Å². The van der Waals surface area contributed by atoms with E-state index in [-0.39, 0.29) is 36.2 Å². The maximum atomic E-state index is 11.6. The summed E-state index contributed by atoms with van der Waals surface area (Å²) in [6.07, 6.45) is -0.328. The van der Waals surface area contributed by atoms with Crippen molar-refractivity contribution >= 4 is 20.3 Å².